The van der Waals surface area contributed by atoms with E-state index < -0.39 is 0 Å². The summed E-state index contributed by atoms with van der Waals surface area (Å²) in [6.07, 6.45) is 0.261. The maximum atomic E-state index is 12.8. The highest BCUT2D eigenvalue weighted by Gasteiger charge is 2.31. The molecule has 1 heterocycles. The van der Waals surface area contributed by atoms with Crippen LogP contribution in [-0.4, -0.2) is 31.0 Å². The van der Waals surface area contributed by atoms with Crippen molar-refractivity contribution in [1.29, 1.82) is 0 Å². The largest absolute Gasteiger partial charge is 0.484 e. The summed E-state index contributed by atoms with van der Waals surface area (Å²) in [7, 11) is 0. The van der Waals surface area contributed by atoms with Crippen LogP contribution < -0.4 is 15.0 Å². The molecular weight excluding hydrogens is 311 g/mol. The molecule has 1 aliphatic heterocycles. The molecule has 24 heavy (non-hydrogen) atoms. The van der Waals surface area contributed by atoms with Gasteiger partial charge in [-0.1, -0.05) is 18.2 Å². The Labute approximate surface area is 139 Å². The number of halogens is 1. The fraction of sp³-hybridized carbons (Fsp3) is 0.222. The lowest BCUT2D eigenvalue weighted by molar-refractivity contribution is -0.123. The average molecular weight is 328 g/mol. The Bertz CT molecular complexity index is 719. The normalized spacial score (nSPS) is 17.0. The first-order chi connectivity index (χ1) is 11.6. The van der Waals surface area contributed by atoms with Crippen molar-refractivity contribution in [3.05, 3.63) is 60.4 Å². The zero-order valence-electron chi connectivity index (χ0n) is 12.9. The molecule has 5 nitrogen and oxygen atoms in total. The molecule has 124 valence electrons. The molecule has 0 bridgehead atoms. The van der Waals surface area contributed by atoms with Crippen molar-refractivity contribution in [1.82, 2.24) is 5.32 Å². The summed E-state index contributed by atoms with van der Waals surface area (Å²) in [4.78, 5) is 25.7. The Kier molecular flexibility index (Phi) is 4.74. The molecule has 1 N–H and O–H groups in total. The maximum Gasteiger partial charge on any atom is 0.258 e. The lowest BCUT2D eigenvalue weighted by Crippen LogP contribution is -2.39. The van der Waals surface area contributed by atoms with E-state index >= 15 is 0 Å². The Hall–Kier alpha value is -2.89. The number of hydrogen-bond acceptors (Lipinski definition) is 3. The summed E-state index contributed by atoms with van der Waals surface area (Å²) < 4.78 is 18.1. The fourth-order valence-corrected chi connectivity index (χ4v) is 2.61. The third-order valence-corrected chi connectivity index (χ3v) is 3.74. The molecule has 6 heteroatoms. The van der Waals surface area contributed by atoms with Crippen LogP contribution in [0.4, 0.5) is 10.1 Å². The van der Waals surface area contributed by atoms with Crippen LogP contribution in [0.5, 0.6) is 5.75 Å². The van der Waals surface area contributed by atoms with Crippen LogP contribution in [0.15, 0.2) is 54.6 Å². The van der Waals surface area contributed by atoms with Gasteiger partial charge in [-0.05, 0) is 36.4 Å². The monoisotopic (exact) mass is 328 g/mol. The minimum absolute atomic E-state index is 0.0223. The van der Waals surface area contributed by atoms with E-state index in [1.165, 1.54) is 24.3 Å². The Morgan fingerprint density at radius 3 is 2.58 bits per heavy atom. The van der Waals surface area contributed by atoms with Gasteiger partial charge in [-0.2, -0.15) is 0 Å². The summed E-state index contributed by atoms with van der Waals surface area (Å²) in [5.74, 6) is -0.282. The van der Waals surface area contributed by atoms with Crippen molar-refractivity contribution in [2.24, 2.45) is 0 Å². The predicted octanol–water partition coefficient (Wildman–Crippen LogP) is 2.13. The quantitative estimate of drug-likeness (QED) is 0.915. The first-order valence-electron chi connectivity index (χ1n) is 7.65. The van der Waals surface area contributed by atoms with E-state index in [4.69, 9.17) is 4.74 Å². The lowest BCUT2D eigenvalue weighted by Gasteiger charge is -2.17. The van der Waals surface area contributed by atoms with Crippen LogP contribution in [-0.2, 0) is 9.59 Å². The summed E-state index contributed by atoms with van der Waals surface area (Å²) in [6, 6.07) is 14.5. The standard InChI is InChI=1S/C18H17FN2O3/c19-13-6-8-16(9-7-13)24-12-17(22)20-14-10-18(23)21(11-14)15-4-2-1-3-5-15/h1-9,14H,10-12H2,(H,20,22)/t14-/m1/s1. The molecule has 0 aliphatic carbocycles. The predicted molar refractivity (Wildman–Crippen MR) is 87.2 cm³/mol. The number of ether oxygens (including phenoxy) is 1. The van der Waals surface area contributed by atoms with E-state index in [0.29, 0.717) is 12.3 Å². The van der Waals surface area contributed by atoms with Gasteiger partial charge in [-0.15, -0.1) is 0 Å². The second kappa shape index (κ2) is 7.12. The number of para-hydroxylation sites is 1. The van der Waals surface area contributed by atoms with Gasteiger partial charge in [0.05, 0.1) is 6.04 Å². The molecule has 0 aromatic heterocycles. The molecule has 0 radical (unpaired) electrons. The molecule has 0 unspecified atom stereocenters. The molecule has 1 saturated heterocycles. The Morgan fingerprint density at radius 1 is 1.17 bits per heavy atom. The van der Waals surface area contributed by atoms with Crippen molar-refractivity contribution >= 4 is 17.5 Å². The van der Waals surface area contributed by atoms with Gasteiger partial charge in [-0.25, -0.2) is 4.39 Å². The van der Waals surface area contributed by atoms with Gasteiger partial charge in [0.2, 0.25) is 5.91 Å². The van der Waals surface area contributed by atoms with Crippen LogP contribution in [0, 0.1) is 5.82 Å². The molecule has 2 aromatic rings. The van der Waals surface area contributed by atoms with Gasteiger partial charge in [-0.3, -0.25) is 9.59 Å². The lowest BCUT2D eigenvalue weighted by atomic mass is 10.2. The smallest absolute Gasteiger partial charge is 0.258 e. The highest BCUT2D eigenvalue weighted by molar-refractivity contribution is 5.96. The van der Waals surface area contributed by atoms with Crippen LogP contribution >= 0.6 is 0 Å². The molecule has 1 atom stereocenters. The molecule has 2 aromatic carbocycles. The number of anilines is 1. The highest BCUT2D eigenvalue weighted by Crippen LogP contribution is 2.21. The fourth-order valence-electron chi connectivity index (χ4n) is 2.61. The molecule has 0 saturated carbocycles. The average Bonchev–Trinajstić information content (AvgIpc) is 2.95. The third-order valence-electron chi connectivity index (χ3n) is 3.74. The van der Waals surface area contributed by atoms with Crippen molar-refractivity contribution < 1.29 is 18.7 Å². The van der Waals surface area contributed by atoms with Gasteiger partial charge in [0.25, 0.3) is 5.91 Å². The number of amides is 2. The number of benzene rings is 2. The minimum atomic E-state index is -0.364. The van der Waals surface area contributed by atoms with Gasteiger partial charge in [0.15, 0.2) is 6.61 Å². The Balaban J connectivity index is 1.50. The summed E-state index contributed by atoms with van der Waals surface area (Å²) in [5.41, 5.74) is 0.821. The van der Waals surface area contributed by atoms with E-state index in [2.05, 4.69) is 5.32 Å². The number of nitrogens with zero attached hydrogens (tertiary/aromatic N) is 1. The van der Waals surface area contributed by atoms with E-state index in [-0.39, 0.29) is 36.7 Å². The molecule has 3 rings (SSSR count). The topological polar surface area (TPSA) is 58.6 Å². The first-order valence-corrected chi connectivity index (χ1v) is 7.65. The summed E-state index contributed by atoms with van der Waals surface area (Å²) >= 11 is 0. The van der Waals surface area contributed by atoms with Crippen LogP contribution in [0.25, 0.3) is 0 Å². The Morgan fingerprint density at radius 2 is 1.88 bits per heavy atom. The molecule has 0 spiro atoms. The molecule has 1 aliphatic rings. The second-order valence-electron chi connectivity index (χ2n) is 5.55. The van der Waals surface area contributed by atoms with Crippen molar-refractivity contribution in [3.8, 4) is 5.75 Å². The van der Waals surface area contributed by atoms with E-state index in [1.807, 2.05) is 30.3 Å². The minimum Gasteiger partial charge on any atom is -0.484 e. The summed E-state index contributed by atoms with van der Waals surface area (Å²) in [6.45, 7) is 0.257. The zero-order chi connectivity index (χ0) is 16.9. The SMILES string of the molecule is O=C(COc1ccc(F)cc1)N[C@@H]1CC(=O)N(c2ccccc2)C1. The van der Waals surface area contributed by atoms with E-state index in [9.17, 15) is 14.0 Å². The maximum absolute atomic E-state index is 12.8. The van der Waals surface area contributed by atoms with Crippen LogP contribution in [0.2, 0.25) is 0 Å². The van der Waals surface area contributed by atoms with E-state index in [1.54, 1.807) is 4.90 Å². The third kappa shape index (κ3) is 3.90. The van der Waals surface area contributed by atoms with Crippen molar-refractivity contribution in [2.75, 3.05) is 18.1 Å². The zero-order valence-corrected chi connectivity index (χ0v) is 12.9. The number of nitrogens with one attached hydrogen (secondary N) is 1. The van der Waals surface area contributed by atoms with Gasteiger partial charge >= 0.3 is 0 Å². The summed E-state index contributed by atoms with van der Waals surface area (Å²) in [5, 5.41) is 2.79. The number of hydrogen-bond donors (Lipinski definition) is 1. The highest BCUT2D eigenvalue weighted by atomic mass is 19.1. The van der Waals surface area contributed by atoms with Crippen molar-refractivity contribution in [2.45, 2.75) is 12.5 Å². The molecule has 2 amide bonds. The second-order valence-corrected chi connectivity index (χ2v) is 5.55. The van der Waals surface area contributed by atoms with E-state index in [0.717, 1.165) is 5.69 Å². The van der Waals surface area contributed by atoms with Gasteiger partial charge < -0.3 is 15.0 Å². The van der Waals surface area contributed by atoms with Crippen LogP contribution in [0.1, 0.15) is 6.42 Å². The van der Waals surface area contributed by atoms with Gasteiger partial charge in [0, 0.05) is 18.7 Å². The number of carbonyl (C=O) groups excluding carboxylic acids is 2. The van der Waals surface area contributed by atoms with Crippen LogP contribution in [0.3, 0.4) is 0 Å². The number of rotatable bonds is 5. The number of carbonyl (C=O) groups is 2. The molecular formula is C18H17FN2O3. The first kappa shape index (κ1) is 16.0. The molecule has 1 fully saturated rings. The van der Waals surface area contributed by atoms with Gasteiger partial charge in [0.1, 0.15) is 11.6 Å². The van der Waals surface area contributed by atoms with Crippen molar-refractivity contribution in [3.63, 3.8) is 0 Å².